The number of aryl methyl sites for hydroxylation is 1. The quantitative estimate of drug-likeness (QED) is 0.901. The Hall–Kier alpha value is -1.36. The van der Waals surface area contributed by atoms with Crippen molar-refractivity contribution in [1.29, 1.82) is 0 Å². The molecule has 0 unspecified atom stereocenters. The van der Waals surface area contributed by atoms with E-state index in [-0.39, 0.29) is 0 Å². The molecular formula is C16H29N5. The Morgan fingerprint density at radius 1 is 1.29 bits per heavy atom. The number of nitrogens with one attached hydrogen (secondary N) is 1. The molecule has 0 aromatic carbocycles. The van der Waals surface area contributed by atoms with Crippen LogP contribution in [0.5, 0.6) is 0 Å². The molecule has 1 aliphatic heterocycles. The predicted octanol–water partition coefficient (Wildman–Crippen LogP) is 2.17. The summed E-state index contributed by atoms with van der Waals surface area (Å²) in [6, 6.07) is 0. The van der Waals surface area contributed by atoms with Crippen LogP contribution in [0.2, 0.25) is 0 Å². The van der Waals surface area contributed by atoms with Crippen molar-refractivity contribution in [3.8, 4) is 0 Å². The van der Waals surface area contributed by atoms with Gasteiger partial charge >= 0.3 is 0 Å². The van der Waals surface area contributed by atoms with Gasteiger partial charge in [0, 0.05) is 32.6 Å². The van der Waals surface area contributed by atoms with Crippen LogP contribution in [-0.2, 0) is 6.42 Å². The number of hydrogen-bond donors (Lipinski definition) is 1. The van der Waals surface area contributed by atoms with E-state index in [2.05, 4.69) is 48.0 Å². The van der Waals surface area contributed by atoms with Crippen molar-refractivity contribution in [2.75, 3.05) is 51.0 Å². The van der Waals surface area contributed by atoms with Gasteiger partial charge in [-0.25, -0.2) is 9.97 Å². The molecule has 0 saturated carbocycles. The zero-order valence-corrected chi connectivity index (χ0v) is 14.1. The summed E-state index contributed by atoms with van der Waals surface area (Å²) in [5, 5.41) is 3.19. The molecule has 1 N–H and O–H groups in total. The van der Waals surface area contributed by atoms with Gasteiger partial charge in [0.15, 0.2) is 0 Å². The highest BCUT2D eigenvalue weighted by molar-refractivity contribution is 5.58. The van der Waals surface area contributed by atoms with Crippen LogP contribution >= 0.6 is 0 Å². The van der Waals surface area contributed by atoms with E-state index in [4.69, 9.17) is 4.98 Å². The first-order valence-electron chi connectivity index (χ1n) is 8.00. The lowest BCUT2D eigenvalue weighted by Crippen LogP contribution is -2.36. The lowest BCUT2D eigenvalue weighted by molar-refractivity contribution is 0.222. The first-order chi connectivity index (χ1) is 10.0. The van der Waals surface area contributed by atoms with Gasteiger partial charge < -0.3 is 15.1 Å². The van der Waals surface area contributed by atoms with Crippen LogP contribution in [0, 0.1) is 12.8 Å². The van der Waals surface area contributed by atoms with E-state index in [1.807, 2.05) is 7.05 Å². The molecule has 1 fully saturated rings. The zero-order chi connectivity index (χ0) is 15.4. The van der Waals surface area contributed by atoms with Crippen LogP contribution in [0.15, 0.2) is 0 Å². The molecule has 5 heteroatoms. The Balaban J connectivity index is 2.12. The van der Waals surface area contributed by atoms with Crippen molar-refractivity contribution in [2.24, 2.45) is 5.92 Å². The maximum Gasteiger partial charge on any atom is 0.137 e. The average Bonchev–Trinajstić information content (AvgIpc) is 2.49. The van der Waals surface area contributed by atoms with E-state index in [0.29, 0.717) is 0 Å². The van der Waals surface area contributed by atoms with Crippen LogP contribution in [0.4, 0.5) is 11.6 Å². The molecule has 5 nitrogen and oxygen atoms in total. The molecule has 0 aliphatic carbocycles. The average molecular weight is 291 g/mol. The van der Waals surface area contributed by atoms with Crippen molar-refractivity contribution in [3.63, 3.8) is 0 Å². The molecule has 118 valence electrons. The molecule has 0 atom stereocenters. The molecule has 0 amide bonds. The van der Waals surface area contributed by atoms with Gasteiger partial charge in [-0.1, -0.05) is 6.92 Å². The largest absolute Gasteiger partial charge is 0.373 e. The normalized spacial score (nSPS) is 17.0. The highest BCUT2D eigenvalue weighted by Gasteiger charge is 2.20. The SMILES string of the molecule is CCc1nc(NC)c(C)c(N(C)CC2CCN(C)CC2)n1. The second-order valence-electron chi connectivity index (χ2n) is 6.17. The van der Waals surface area contributed by atoms with Crippen molar-refractivity contribution in [3.05, 3.63) is 11.4 Å². The molecule has 0 radical (unpaired) electrons. The molecule has 1 saturated heterocycles. The molecule has 21 heavy (non-hydrogen) atoms. The minimum atomic E-state index is 0.767. The Morgan fingerprint density at radius 2 is 1.95 bits per heavy atom. The predicted molar refractivity (Wildman–Crippen MR) is 89.2 cm³/mol. The van der Waals surface area contributed by atoms with Crippen LogP contribution in [-0.4, -0.2) is 55.6 Å². The van der Waals surface area contributed by atoms with E-state index in [1.54, 1.807) is 0 Å². The number of nitrogens with zero attached hydrogens (tertiary/aromatic N) is 4. The third-order valence-electron chi connectivity index (χ3n) is 4.45. The van der Waals surface area contributed by atoms with E-state index in [1.165, 1.54) is 25.9 Å². The molecule has 1 aliphatic rings. The van der Waals surface area contributed by atoms with E-state index >= 15 is 0 Å². The van der Waals surface area contributed by atoms with E-state index in [0.717, 1.165) is 41.9 Å². The number of hydrogen-bond acceptors (Lipinski definition) is 5. The number of piperidine rings is 1. The van der Waals surface area contributed by atoms with Gasteiger partial charge in [-0.3, -0.25) is 0 Å². The molecule has 0 bridgehead atoms. The van der Waals surface area contributed by atoms with Crippen molar-refractivity contribution < 1.29 is 0 Å². The highest BCUT2D eigenvalue weighted by Crippen LogP contribution is 2.25. The second-order valence-corrected chi connectivity index (χ2v) is 6.17. The number of likely N-dealkylation sites (tertiary alicyclic amines) is 1. The topological polar surface area (TPSA) is 44.3 Å². The number of rotatable bonds is 5. The van der Waals surface area contributed by atoms with Gasteiger partial charge in [-0.15, -0.1) is 0 Å². The lowest BCUT2D eigenvalue weighted by Gasteiger charge is -2.32. The monoisotopic (exact) mass is 291 g/mol. The number of anilines is 2. The van der Waals surface area contributed by atoms with Crippen LogP contribution in [0.25, 0.3) is 0 Å². The van der Waals surface area contributed by atoms with E-state index < -0.39 is 0 Å². The fourth-order valence-corrected chi connectivity index (χ4v) is 3.04. The summed E-state index contributed by atoms with van der Waals surface area (Å²) in [6.45, 7) is 7.71. The first kappa shape index (κ1) is 16.0. The van der Waals surface area contributed by atoms with Crippen LogP contribution in [0.3, 0.4) is 0 Å². The Labute approximate surface area is 128 Å². The minimum Gasteiger partial charge on any atom is -0.373 e. The molecule has 1 aromatic heterocycles. The summed E-state index contributed by atoms with van der Waals surface area (Å²) >= 11 is 0. The summed E-state index contributed by atoms with van der Waals surface area (Å²) in [6.07, 6.45) is 3.43. The summed E-state index contributed by atoms with van der Waals surface area (Å²) in [5.74, 6) is 3.70. The molecule has 2 rings (SSSR count). The highest BCUT2D eigenvalue weighted by atomic mass is 15.2. The molecular weight excluding hydrogens is 262 g/mol. The summed E-state index contributed by atoms with van der Waals surface area (Å²) in [7, 11) is 6.29. The second kappa shape index (κ2) is 7.07. The van der Waals surface area contributed by atoms with Gasteiger partial charge in [0.2, 0.25) is 0 Å². The smallest absolute Gasteiger partial charge is 0.137 e. The summed E-state index contributed by atoms with van der Waals surface area (Å²) in [4.78, 5) is 14.0. The van der Waals surface area contributed by atoms with Gasteiger partial charge in [0.05, 0.1) is 0 Å². The lowest BCUT2D eigenvalue weighted by atomic mass is 9.96. The van der Waals surface area contributed by atoms with Crippen LogP contribution < -0.4 is 10.2 Å². The first-order valence-corrected chi connectivity index (χ1v) is 8.00. The van der Waals surface area contributed by atoms with Gasteiger partial charge in [0.25, 0.3) is 0 Å². The number of aromatic nitrogens is 2. The van der Waals surface area contributed by atoms with Gasteiger partial charge in [-0.05, 0) is 45.8 Å². The van der Waals surface area contributed by atoms with Crippen molar-refractivity contribution >= 4 is 11.6 Å². The molecule has 0 spiro atoms. The van der Waals surface area contributed by atoms with Gasteiger partial charge in [-0.2, -0.15) is 0 Å². The maximum atomic E-state index is 4.74. The third-order valence-corrected chi connectivity index (χ3v) is 4.45. The van der Waals surface area contributed by atoms with E-state index in [9.17, 15) is 0 Å². The fourth-order valence-electron chi connectivity index (χ4n) is 3.04. The molecule has 2 heterocycles. The third kappa shape index (κ3) is 3.84. The fraction of sp³-hybridized carbons (Fsp3) is 0.750. The Bertz CT molecular complexity index is 466. The Morgan fingerprint density at radius 3 is 2.52 bits per heavy atom. The van der Waals surface area contributed by atoms with Gasteiger partial charge in [0.1, 0.15) is 17.5 Å². The summed E-state index contributed by atoms with van der Waals surface area (Å²) in [5.41, 5.74) is 1.14. The maximum absolute atomic E-state index is 4.74. The van der Waals surface area contributed by atoms with Crippen molar-refractivity contribution in [2.45, 2.75) is 33.1 Å². The molecule has 1 aromatic rings. The summed E-state index contributed by atoms with van der Waals surface area (Å²) < 4.78 is 0. The van der Waals surface area contributed by atoms with Crippen LogP contribution in [0.1, 0.15) is 31.2 Å². The van der Waals surface area contributed by atoms with Crippen molar-refractivity contribution in [1.82, 2.24) is 14.9 Å². The zero-order valence-electron chi connectivity index (χ0n) is 14.1. The Kier molecular flexibility index (Phi) is 5.39. The minimum absolute atomic E-state index is 0.767. The standard InChI is InChI=1S/C16H29N5/c1-6-14-18-15(17-3)12(2)16(19-14)21(5)11-13-7-9-20(4)10-8-13/h13H,6-11H2,1-5H3,(H,17,18,19).